The van der Waals surface area contributed by atoms with Crippen LogP contribution in [0.4, 0.5) is 27.0 Å². The number of piperidine rings is 2. The Morgan fingerprint density at radius 3 is 1.28 bits per heavy atom. The predicted octanol–water partition coefficient (Wildman–Crippen LogP) is 15.2. The number of methoxy groups -OCH3 is 5. The maximum absolute atomic E-state index is 13.0. The van der Waals surface area contributed by atoms with E-state index < -0.39 is 41.4 Å². The third kappa shape index (κ3) is 42.8. The molecule has 11 rings (SSSR count). The number of carbonyl (C=O) groups excluding carboxylic acids is 3. The van der Waals surface area contributed by atoms with Gasteiger partial charge in [0.2, 0.25) is 5.91 Å². The summed E-state index contributed by atoms with van der Waals surface area (Å²) in [5.74, 6) is 0.632. The molecule has 2 aliphatic carbocycles. The molecule has 0 bridgehead atoms. The minimum atomic E-state index is -0.940. The Hall–Kier alpha value is -4.51. The fourth-order valence-corrected chi connectivity index (χ4v) is 12.7. The van der Waals surface area contributed by atoms with Crippen molar-refractivity contribution in [1.82, 2.24) is 39.7 Å². The maximum atomic E-state index is 13.0. The van der Waals surface area contributed by atoms with E-state index in [1.807, 2.05) is 141 Å². The molecular weight excluding hydrogens is 2030 g/mol. The molecule has 0 unspecified atom stereocenters. The van der Waals surface area contributed by atoms with Crippen molar-refractivity contribution in [3.63, 3.8) is 0 Å². The van der Waals surface area contributed by atoms with Crippen LogP contribution >= 0.6 is 127 Å². The molecule has 2 aliphatic heterocycles. The van der Waals surface area contributed by atoms with Crippen molar-refractivity contribution < 1.29 is 96.8 Å². The van der Waals surface area contributed by atoms with Gasteiger partial charge in [-0.25, -0.2) is 44.3 Å². The first kappa shape index (κ1) is 109. The average Bonchev–Trinajstić information content (AvgIpc) is 1.55. The van der Waals surface area contributed by atoms with E-state index in [-0.39, 0.29) is 69.5 Å². The van der Waals surface area contributed by atoms with Gasteiger partial charge in [0, 0.05) is 127 Å². The number of aliphatic carboxylic acids is 1. The zero-order valence-electron chi connectivity index (χ0n) is 70.2. The molecule has 0 radical (unpaired) electrons. The Kier molecular flexibility index (Phi) is 49.8. The standard InChI is InChI=1S/C19H26BrN3O4.C12H19NO4.C11H17BrN2O.C7H9BrN2O.C7H8BrNO2.C7H8BrNO.C6H5Br2N.C6H6BrN.C4H11N.CH3O.Na/c1-18(2,3)27-17(25)23-12(8-19(4)9-13(19)23)16(24)22-15-11(10-26-5)6-7-14(20)21-15;1-11(2,3)17-10(16)13-7(9(14)15)5-12(4)6-8(12)13;1-11(2,3)14-10-8(7-15-4)5-6-9(12)13-10;1-11-4-5-2-3-6(8)10-7(5)9;1-11-5-6-2-3-7(8)9(10)4-6;1-10-5-6-2-3-7(8)9-4-6;7-3-5-1-2-6(8)9-4-5;1-5-2-3-6(7)8-4-5;1-4(2,3)5;1-2;/h6-7,12-13H,8-10H2,1-5H3,(H,21,22,24);7-8H,5-6H2,1-4H3,(H,14,15);5-6H,7H2,1-4H3,(H,13,14);2-3H,4H2,1H3,(H2,9,10);2-4H,5H2,1H3;2-4H,5H2,1H3;1-2,4H,3H2;2-4H,1H3;5H2,1-3H3;1H3;/q;;;;;;;;;-1;+1/t12-,13+,19-;7-,8+,12-;;;;;;;;;/m00........./s1. The molecular formula is C80H112Br8N13NaO14. The van der Waals surface area contributed by atoms with Gasteiger partial charge in [-0.2, -0.15) is 11.8 Å². The maximum Gasteiger partial charge on any atom is 1.00 e. The number of hydrogen-bond acceptors (Lipinski definition) is 22. The summed E-state index contributed by atoms with van der Waals surface area (Å²) in [6.45, 7) is 31.7. The van der Waals surface area contributed by atoms with Crippen molar-refractivity contribution in [2.45, 2.75) is 214 Å². The van der Waals surface area contributed by atoms with Crippen LogP contribution in [0.5, 0.6) is 0 Å². The van der Waals surface area contributed by atoms with Crippen LogP contribution in [0.1, 0.15) is 162 Å². The molecule has 6 atom stereocenters. The van der Waals surface area contributed by atoms with Crippen LogP contribution in [0.15, 0.2) is 142 Å². The number of carbonyl (C=O) groups is 4. The number of nitrogens with one attached hydrogen (secondary N) is 2. The molecule has 4 fully saturated rings. The van der Waals surface area contributed by atoms with Crippen LogP contribution < -0.4 is 61.5 Å². The third-order valence-corrected chi connectivity index (χ3v) is 19.7. The molecule has 116 heavy (non-hydrogen) atoms. The first-order valence-corrected chi connectivity index (χ1v) is 42.6. The number of anilines is 3. The molecule has 7 aromatic rings. The number of nitrogen functional groups attached to an aromatic ring is 1. The minimum absolute atomic E-state index is 0. The summed E-state index contributed by atoms with van der Waals surface area (Å²) >= 11 is 26.0. The number of halogens is 8. The molecule has 36 heteroatoms. The average molecular weight is 2140 g/mol. The number of pyridine rings is 7. The molecule has 638 valence electrons. The van der Waals surface area contributed by atoms with Gasteiger partial charge < -0.3 is 70.7 Å². The molecule has 7 aromatic heterocycles. The van der Waals surface area contributed by atoms with E-state index in [0.29, 0.717) is 66.7 Å². The van der Waals surface area contributed by atoms with Crippen molar-refractivity contribution in [2.75, 3.05) is 59.0 Å². The fourth-order valence-electron chi connectivity index (χ4n) is 10.5. The Bertz CT molecular complexity index is 4110. The number of fused-ring (bicyclic) bond motifs is 2. The van der Waals surface area contributed by atoms with E-state index in [2.05, 4.69) is 196 Å². The monoisotopic (exact) mass is 2130 g/mol. The van der Waals surface area contributed by atoms with E-state index in [0.717, 1.165) is 86.7 Å². The summed E-state index contributed by atoms with van der Waals surface area (Å²) in [6, 6.07) is 25.4. The molecule has 27 nitrogen and oxygen atoms in total. The summed E-state index contributed by atoms with van der Waals surface area (Å²) in [6.07, 6.45) is 8.92. The SMILES string of the molecule is BrCc1ccc(Br)nc1.CC(C)(C)N.CC(C)(C)OC(=O)N1[C@H](C(=O)O)C[C@@]2(C)C[C@@H]12.COCc1ccc(Br)[n+]([O-])c1.COCc1ccc(Br)nc1.COCc1ccc(Br)nc1N.COCc1ccc(Br)nc1NC(=O)[C@@H]1C[C@@]2(C)C[C@H]2N1C(=O)OC(C)(C)C.COCc1ccc(Br)nc1NC(C)(C)C.C[O-].Cc1ccc(Br)nc1.[Na+]. The predicted molar refractivity (Wildman–Crippen MR) is 476 cm³/mol. The number of likely N-dealkylation sites (tertiary alicyclic amines) is 2. The first-order valence-electron chi connectivity index (χ1n) is 36.0. The summed E-state index contributed by atoms with van der Waals surface area (Å²) in [5.41, 5.74) is 16.8. The summed E-state index contributed by atoms with van der Waals surface area (Å²) in [4.78, 5) is 76.7. The Morgan fingerprint density at radius 1 is 0.534 bits per heavy atom. The van der Waals surface area contributed by atoms with Gasteiger partial charge in [-0.1, -0.05) is 66.2 Å². The van der Waals surface area contributed by atoms with E-state index in [1.165, 1.54) is 22.2 Å². The van der Waals surface area contributed by atoms with Gasteiger partial charge >= 0.3 is 47.7 Å². The van der Waals surface area contributed by atoms with E-state index in [1.54, 1.807) is 79.5 Å². The van der Waals surface area contributed by atoms with Crippen molar-refractivity contribution in [1.29, 1.82) is 0 Å². The summed E-state index contributed by atoms with van der Waals surface area (Å²) in [5, 5.41) is 35.4. The third-order valence-electron chi connectivity index (χ3n) is 15.7. The number of nitrogens with two attached hydrogens (primary N) is 2. The number of aryl methyl sites for hydroxylation is 1. The second-order valence-electron chi connectivity index (χ2n) is 31.1. The Morgan fingerprint density at radius 2 is 0.905 bits per heavy atom. The quantitative estimate of drug-likeness (QED) is 0.0209. The van der Waals surface area contributed by atoms with Crippen molar-refractivity contribution in [3.8, 4) is 0 Å². The molecule has 2 saturated heterocycles. The number of amides is 3. The smallest absolute Gasteiger partial charge is 0.857 e. The van der Waals surface area contributed by atoms with Crippen molar-refractivity contribution in [3.05, 3.63) is 186 Å². The van der Waals surface area contributed by atoms with Gasteiger partial charge in [-0.15, -0.1) is 0 Å². The molecule has 7 N–H and O–H groups in total. The fraction of sp³-hybridized carbons (Fsp3) is 0.512. The normalized spacial score (nSPS) is 17.5. The van der Waals surface area contributed by atoms with Gasteiger partial charge in [-0.3, -0.25) is 14.6 Å². The van der Waals surface area contributed by atoms with E-state index in [9.17, 15) is 24.4 Å². The van der Waals surface area contributed by atoms with Gasteiger partial charge in [0.15, 0.2) is 6.20 Å². The molecule has 4 aliphatic rings. The number of aromatic nitrogens is 7. The molecule has 0 aromatic carbocycles. The van der Waals surface area contributed by atoms with Gasteiger partial charge in [0.25, 0.3) is 4.60 Å². The van der Waals surface area contributed by atoms with Crippen LogP contribution in [0.2, 0.25) is 0 Å². The zero-order valence-corrected chi connectivity index (χ0v) is 84.9. The molecule has 9 heterocycles. The number of carboxylic acids is 1. The molecule has 2 saturated carbocycles. The van der Waals surface area contributed by atoms with Crippen LogP contribution in [-0.4, -0.2) is 158 Å². The van der Waals surface area contributed by atoms with Gasteiger partial charge in [0.1, 0.15) is 68.4 Å². The zero-order chi connectivity index (χ0) is 87.6. The summed E-state index contributed by atoms with van der Waals surface area (Å²) < 4.78 is 41.9. The number of alkyl halides is 1. The van der Waals surface area contributed by atoms with Gasteiger partial charge in [0.05, 0.1) is 33.0 Å². The van der Waals surface area contributed by atoms with E-state index in [4.69, 9.17) is 54.8 Å². The molecule has 0 spiro atoms. The van der Waals surface area contributed by atoms with Gasteiger partial charge in [-0.05, 0) is 281 Å². The second kappa shape index (κ2) is 52.7. The second-order valence-corrected chi connectivity index (χ2v) is 37.4. The van der Waals surface area contributed by atoms with Crippen LogP contribution in [-0.2, 0) is 81.1 Å². The van der Waals surface area contributed by atoms with Crippen molar-refractivity contribution in [2.24, 2.45) is 16.6 Å². The largest absolute Gasteiger partial charge is 1.00 e. The van der Waals surface area contributed by atoms with E-state index >= 15 is 0 Å². The minimum Gasteiger partial charge on any atom is -0.857 e. The number of rotatable bonds is 15. The first-order chi connectivity index (χ1) is 53.5. The summed E-state index contributed by atoms with van der Waals surface area (Å²) in [7, 11) is 8.91. The number of carboxylic acid groups (broad SMARTS) is 1. The topological polar surface area (TPSA) is 363 Å². The van der Waals surface area contributed by atoms with Crippen LogP contribution in [0.25, 0.3) is 0 Å². The Balaban J connectivity index is 0.000000675. The molecule has 3 amide bonds. The van der Waals surface area contributed by atoms with Crippen LogP contribution in [0, 0.1) is 23.0 Å². The van der Waals surface area contributed by atoms with Crippen LogP contribution in [0.3, 0.4) is 0 Å². The number of ether oxygens (including phenoxy) is 7. The number of nitrogens with zero attached hydrogens (tertiary/aromatic N) is 9. The van der Waals surface area contributed by atoms with Crippen molar-refractivity contribution >= 4 is 169 Å². The number of hydrogen-bond donors (Lipinski definition) is 5. The Labute approximate surface area is 773 Å².